The van der Waals surface area contributed by atoms with E-state index in [-0.39, 0.29) is 0 Å². The van der Waals surface area contributed by atoms with Gasteiger partial charge in [0.2, 0.25) is 0 Å². The lowest BCUT2D eigenvalue weighted by Crippen LogP contribution is -2.48. The summed E-state index contributed by atoms with van der Waals surface area (Å²) in [7, 11) is 0. The third-order valence-corrected chi connectivity index (χ3v) is 6.56. The summed E-state index contributed by atoms with van der Waals surface area (Å²) in [6.07, 6.45) is 11.1. The molecule has 4 saturated carbocycles. The van der Waals surface area contributed by atoms with Crippen LogP contribution in [0.2, 0.25) is 0 Å². The summed E-state index contributed by atoms with van der Waals surface area (Å²) in [6.45, 7) is 0. The summed E-state index contributed by atoms with van der Waals surface area (Å²) in [5.41, 5.74) is 0. The summed E-state index contributed by atoms with van der Waals surface area (Å²) in [6, 6.07) is 1.94. The average molecular weight is 263 g/mol. The molecule has 1 N–H and O–H groups in total. The van der Waals surface area contributed by atoms with Crippen molar-refractivity contribution >= 4 is 11.8 Å². The molecule has 2 nitrogen and oxygen atoms in total. The van der Waals surface area contributed by atoms with Crippen LogP contribution < -0.4 is 0 Å². The molecule has 4 aliphatic rings. The molecule has 3 heteroatoms. The minimum Gasteiger partial charge on any atom is -0.388 e. The Morgan fingerprint density at radius 2 is 1.78 bits per heavy atom. The molecule has 98 valence electrons. The van der Waals surface area contributed by atoms with Gasteiger partial charge in [-0.3, -0.25) is 0 Å². The van der Waals surface area contributed by atoms with Crippen molar-refractivity contribution in [3.63, 3.8) is 0 Å². The molecule has 4 aliphatic carbocycles. The summed E-state index contributed by atoms with van der Waals surface area (Å²) in [4.78, 5) is 0. The number of thioether (sulfide) groups is 1. The first-order chi connectivity index (χ1) is 8.69. The van der Waals surface area contributed by atoms with E-state index in [0.29, 0.717) is 4.75 Å². The predicted molar refractivity (Wildman–Crippen MR) is 74.1 cm³/mol. The fourth-order valence-corrected chi connectivity index (χ4v) is 6.38. The minimum absolute atomic E-state index is 0.456. The average Bonchev–Trinajstić information content (AvgIpc) is 2.32. The Morgan fingerprint density at radius 3 is 2.28 bits per heavy atom. The number of hydrogen-bond donors (Lipinski definition) is 1. The highest BCUT2D eigenvalue weighted by atomic mass is 32.2. The van der Waals surface area contributed by atoms with Gasteiger partial charge in [-0.2, -0.15) is 17.0 Å². The zero-order valence-electron chi connectivity index (χ0n) is 10.7. The molecule has 0 radical (unpaired) electrons. The molecule has 0 aromatic heterocycles. The SMILES string of the molecule is N#C/C=C/C(O)CSC12CC3CC(CC(C3)C1)C2. The van der Waals surface area contributed by atoms with E-state index >= 15 is 0 Å². The maximum Gasteiger partial charge on any atom is 0.0909 e. The zero-order valence-corrected chi connectivity index (χ0v) is 11.5. The van der Waals surface area contributed by atoms with Crippen LogP contribution >= 0.6 is 11.8 Å². The molecule has 4 fully saturated rings. The van der Waals surface area contributed by atoms with Crippen molar-refractivity contribution in [1.29, 1.82) is 5.26 Å². The molecular formula is C15H21NOS. The molecule has 0 aromatic carbocycles. The van der Waals surface area contributed by atoms with Gasteiger partial charge in [-0.25, -0.2) is 0 Å². The fourth-order valence-electron chi connectivity index (χ4n) is 4.68. The summed E-state index contributed by atoms with van der Waals surface area (Å²) < 4.78 is 0.468. The Kier molecular flexibility index (Phi) is 3.42. The lowest BCUT2D eigenvalue weighted by molar-refractivity contribution is 0.0381. The highest BCUT2D eigenvalue weighted by Gasteiger charge is 2.51. The van der Waals surface area contributed by atoms with Crippen LogP contribution in [0.1, 0.15) is 38.5 Å². The van der Waals surface area contributed by atoms with Crippen molar-refractivity contribution in [3.05, 3.63) is 12.2 Å². The van der Waals surface area contributed by atoms with Crippen molar-refractivity contribution < 1.29 is 5.11 Å². The highest BCUT2D eigenvalue weighted by Crippen LogP contribution is 2.60. The Hall–Kier alpha value is -0.460. The van der Waals surface area contributed by atoms with Gasteiger partial charge in [-0.05, 0) is 62.4 Å². The van der Waals surface area contributed by atoms with Crippen LogP contribution in [-0.2, 0) is 0 Å². The molecule has 0 spiro atoms. The zero-order chi connectivity index (χ0) is 12.6. The van der Waals surface area contributed by atoms with E-state index in [9.17, 15) is 5.11 Å². The summed E-state index contributed by atoms with van der Waals surface area (Å²) >= 11 is 1.98. The molecular weight excluding hydrogens is 242 g/mol. The van der Waals surface area contributed by atoms with Crippen molar-refractivity contribution in [2.75, 3.05) is 5.75 Å². The van der Waals surface area contributed by atoms with E-state index in [0.717, 1.165) is 23.5 Å². The second kappa shape index (κ2) is 4.90. The Balaban J connectivity index is 1.59. The van der Waals surface area contributed by atoms with E-state index in [4.69, 9.17) is 5.26 Å². The predicted octanol–water partition coefficient (Wildman–Crippen LogP) is 3.13. The largest absolute Gasteiger partial charge is 0.388 e. The van der Waals surface area contributed by atoms with E-state index in [1.807, 2.05) is 17.8 Å². The topological polar surface area (TPSA) is 44.0 Å². The van der Waals surface area contributed by atoms with Crippen molar-refractivity contribution in [1.82, 2.24) is 0 Å². The number of hydrogen-bond acceptors (Lipinski definition) is 3. The molecule has 18 heavy (non-hydrogen) atoms. The van der Waals surface area contributed by atoms with Gasteiger partial charge in [0.15, 0.2) is 0 Å². The second-order valence-electron chi connectivity index (χ2n) is 6.47. The van der Waals surface area contributed by atoms with Crippen LogP contribution in [0.15, 0.2) is 12.2 Å². The normalized spacial score (nSPS) is 43.2. The quantitative estimate of drug-likeness (QED) is 0.793. The maximum absolute atomic E-state index is 9.82. The van der Waals surface area contributed by atoms with Gasteiger partial charge in [-0.1, -0.05) is 0 Å². The Labute approximate surface area is 113 Å². The van der Waals surface area contributed by atoms with Crippen molar-refractivity contribution in [2.45, 2.75) is 49.4 Å². The second-order valence-corrected chi connectivity index (χ2v) is 7.96. The van der Waals surface area contributed by atoms with E-state index in [2.05, 4.69) is 0 Å². The lowest BCUT2D eigenvalue weighted by atomic mass is 9.56. The number of allylic oxidation sites excluding steroid dienone is 1. The highest BCUT2D eigenvalue weighted by molar-refractivity contribution is 8.00. The molecule has 0 aromatic rings. The van der Waals surface area contributed by atoms with Crippen molar-refractivity contribution in [3.8, 4) is 6.07 Å². The molecule has 0 aliphatic heterocycles. The standard InChI is InChI=1S/C15H21NOS/c16-3-1-2-14(17)10-18-15-7-11-4-12(8-15)6-13(5-11)9-15/h1-2,11-14,17H,4-10H2/b2-1+. The minimum atomic E-state index is -0.456. The van der Waals surface area contributed by atoms with Crippen LogP contribution in [0.25, 0.3) is 0 Å². The number of nitrogens with zero attached hydrogens (tertiary/aromatic N) is 1. The molecule has 1 atom stereocenters. The summed E-state index contributed by atoms with van der Waals surface area (Å²) in [5, 5.41) is 18.3. The molecule has 0 heterocycles. The van der Waals surface area contributed by atoms with Crippen molar-refractivity contribution in [2.24, 2.45) is 17.8 Å². The molecule has 1 unspecified atom stereocenters. The molecule has 0 saturated heterocycles. The third kappa shape index (κ3) is 2.46. The van der Waals surface area contributed by atoms with Crippen LogP contribution in [0, 0.1) is 29.1 Å². The van der Waals surface area contributed by atoms with E-state index in [1.54, 1.807) is 6.08 Å². The van der Waals surface area contributed by atoms with Crippen LogP contribution in [0.4, 0.5) is 0 Å². The first-order valence-corrected chi connectivity index (χ1v) is 8.06. The van der Waals surface area contributed by atoms with Gasteiger partial charge >= 0.3 is 0 Å². The first kappa shape index (κ1) is 12.6. The Bertz CT molecular complexity index is 349. The monoisotopic (exact) mass is 263 g/mol. The number of aliphatic hydroxyl groups excluding tert-OH is 1. The molecule has 4 bridgehead atoms. The van der Waals surface area contributed by atoms with E-state index in [1.165, 1.54) is 44.6 Å². The van der Waals surface area contributed by atoms with Gasteiger partial charge in [0.1, 0.15) is 0 Å². The summed E-state index contributed by atoms with van der Waals surface area (Å²) in [5.74, 6) is 3.66. The van der Waals surface area contributed by atoms with Gasteiger partial charge in [0.05, 0.1) is 12.2 Å². The number of nitriles is 1. The van der Waals surface area contributed by atoms with Crippen LogP contribution in [0.3, 0.4) is 0 Å². The van der Waals surface area contributed by atoms with Gasteiger partial charge in [0, 0.05) is 16.6 Å². The first-order valence-electron chi connectivity index (χ1n) is 7.07. The van der Waals surface area contributed by atoms with E-state index < -0.39 is 6.10 Å². The molecule has 0 amide bonds. The number of aliphatic hydroxyl groups is 1. The number of rotatable bonds is 4. The van der Waals surface area contributed by atoms with Gasteiger partial charge in [0.25, 0.3) is 0 Å². The Morgan fingerprint density at radius 1 is 1.22 bits per heavy atom. The van der Waals surface area contributed by atoms with Crippen LogP contribution in [0.5, 0.6) is 0 Å². The van der Waals surface area contributed by atoms with Gasteiger partial charge in [-0.15, -0.1) is 0 Å². The fraction of sp³-hybridized carbons (Fsp3) is 0.800. The van der Waals surface area contributed by atoms with Gasteiger partial charge < -0.3 is 5.11 Å². The smallest absolute Gasteiger partial charge is 0.0909 e. The van der Waals surface area contributed by atoms with Crippen LogP contribution in [-0.4, -0.2) is 21.7 Å². The lowest BCUT2D eigenvalue weighted by Gasteiger charge is -2.56. The maximum atomic E-state index is 9.82. The molecule has 4 rings (SSSR count). The third-order valence-electron chi connectivity index (χ3n) is 4.94.